The molecule has 1 saturated heterocycles. The van der Waals surface area contributed by atoms with Crippen LogP contribution in [0.1, 0.15) is 36.1 Å². The van der Waals surface area contributed by atoms with Gasteiger partial charge in [-0.15, -0.1) is 0 Å². The quantitative estimate of drug-likeness (QED) is 0.291. The van der Waals surface area contributed by atoms with E-state index in [-0.39, 0.29) is 23.1 Å². The third-order valence-electron chi connectivity index (χ3n) is 6.52. The summed E-state index contributed by atoms with van der Waals surface area (Å²) in [5.41, 5.74) is 4.77. The van der Waals surface area contributed by atoms with Gasteiger partial charge in [0, 0.05) is 35.5 Å². The first-order valence-corrected chi connectivity index (χ1v) is 13.2. The summed E-state index contributed by atoms with van der Waals surface area (Å²) in [4.78, 5) is 14.7. The Morgan fingerprint density at radius 2 is 1.89 bits per heavy atom. The zero-order chi connectivity index (χ0) is 23.3. The number of likely N-dealkylation sites (tertiary alicyclic amines) is 1. The Morgan fingerprint density at radius 3 is 2.71 bits per heavy atom. The van der Waals surface area contributed by atoms with E-state index in [1.165, 1.54) is 18.4 Å². The van der Waals surface area contributed by atoms with Crippen LogP contribution in [-0.4, -0.2) is 66.7 Å². The number of para-hydroxylation sites is 2. The van der Waals surface area contributed by atoms with E-state index in [1.807, 2.05) is 37.3 Å². The van der Waals surface area contributed by atoms with Gasteiger partial charge in [0.25, 0.3) is 0 Å². The Labute approximate surface area is 225 Å². The van der Waals surface area contributed by atoms with Gasteiger partial charge in [-0.05, 0) is 50.1 Å². The van der Waals surface area contributed by atoms with E-state index in [1.54, 1.807) is 6.20 Å². The van der Waals surface area contributed by atoms with Crippen molar-refractivity contribution in [3.05, 3.63) is 83.7 Å². The van der Waals surface area contributed by atoms with Gasteiger partial charge in [0.1, 0.15) is 12.4 Å². The number of hydrogen-bond acceptors (Lipinski definition) is 5. The molecule has 4 aromatic rings. The monoisotopic (exact) mass is 500 g/mol. The van der Waals surface area contributed by atoms with Crippen LogP contribution in [0.4, 0.5) is 0 Å². The van der Waals surface area contributed by atoms with Gasteiger partial charge in [-0.1, -0.05) is 48.9 Å². The Kier molecular flexibility index (Phi) is 9.08. The topological polar surface area (TPSA) is 77.1 Å². The van der Waals surface area contributed by atoms with Crippen molar-refractivity contribution < 1.29 is 9.29 Å². The summed E-state index contributed by atoms with van der Waals surface area (Å²) < 4.78 is 19.3. The van der Waals surface area contributed by atoms with Crippen LogP contribution in [0.3, 0.4) is 0 Å². The fourth-order valence-electron chi connectivity index (χ4n) is 4.55. The summed E-state index contributed by atoms with van der Waals surface area (Å²) in [7, 11) is 0. The van der Waals surface area contributed by atoms with Crippen molar-refractivity contribution in [1.82, 2.24) is 19.9 Å². The Morgan fingerprint density at radius 1 is 1.09 bits per heavy atom. The van der Waals surface area contributed by atoms with Crippen LogP contribution in [0, 0.1) is 6.92 Å². The number of nitrogens with one attached hydrogen (secondary N) is 1. The molecular weight excluding hydrogens is 469 g/mol. The smallest absolute Gasteiger partial charge is 0.322 e. The highest BCUT2D eigenvalue weighted by Crippen LogP contribution is 2.26. The van der Waals surface area contributed by atoms with Crippen LogP contribution in [0.5, 0.6) is 5.75 Å². The van der Waals surface area contributed by atoms with E-state index >= 15 is 0 Å². The molecule has 0 aliphatic carbocycles. The summed E-state index contributed by atoms with van der Waals surface area (Å²) in [6.45, 7) is 4.69. The van der Waals surface area contributed by atoms with Crippen LogP contribution in [0.15, 0.2) is 72.0 Å². The van der Waals surface area contributed by atoms with Crippen molar-refractivity contribution in [3.63, 3.8) is 0 Å². The second-order valence-electron chi connectivity index (χ2n) is 8.85. The number of ether oxygens (including phenoxy) is 1. The predicted molar refractivity (Wildman–Crippen MR) is 144 cm³/mol. The molecule has 1 aliphatic rings. The van der Waals surface area contributed by atoms with Gasteiger partial charge in [-0.3, -0.25) is 14.9 Å². The minimum Gasteiger partial charge on any atom is -0.609 e. The second-order valence-corrected chi connectivity index (χ2v) is 10.2. The van der Waals surface area contributed by atoms with E-state index in [0.29, 0.717) is 23.6 Å². The minimum atomic E-state index is -1.32. The molecule has 2 aromatic carbocycles. The van der Waals surface area contributed by atoms with E-state index in [9.17, 15) is 4.55 Å². The first-order valence-electron chi connectivity index (χ1n) is 11.9. The molecule has 0 amide bonds. The van der Waals surface area contributed by atoms with Gasteiger partial charge >= 0.3 is 28.2 Å². The summed E-state index contributed by atoms with van der Waals surface area (Å²) in [6, 6.07) is 20.6. The maximum Gasteiger partial charge on any atom is 0.322 e. The average Bonchev–Trinajstić information content (AvgIpc) is 3.31. The molecule has 35 heavy (non-hydrogen) atoms. The first-order chi connectivity index (χ1) is 16.7. The van der Waals surface area contributed by atoms with Crippen LogP contribution in [0.25, 0.3) is 11.0 Å². The second kappa shape index (κ2) is 12.2. The maximum absolute atomic E-state index is 13.0. The number of rotatable bonds is 8. The molecule has 0 saturated carbocycles. The number of benzene rings is 2. The largest absolute Gasteiger partial charge is 0.609 e. The number of nitrogens with zero attached hydrogens (tertiary/aromatic N) is 3. The molecule has 8 heteroatoms. The fourth-order valence-corrected chi connectivity index (χ4v) is 5.65. The maximum atomic E-state index is 13.0. The third-order valence-corrected chi connectivity index (χ3v) is 7.68. The molecule has 0 bridgehead atoms. The molecule has 1 N–H and O–H groups in total. The number of aromatic nitrogens is 3. The molecule has 180 valence electrons. The van der Waals surface area contributed by atoms with Gasteiger partial charge in [0.2, 0.25) is 0 Å². The van der Waals surface area contributed by atoms with Gasteiger partial charge in [0.05, 0.1) is 16.7 Å². The highest BCUT2D eigenvalue weighted by Gasteiger charge is 2.24. The number of imidazole rings is 1. The van der Waals surface area contributed by atoms with Gasteiger partial charge < -0.3 is 9.29 Å². The van der Waals surface area contributed by atoms with E-state index in [4.69, 9.17) is 4.74 Å². The average molecular weight is 501 g/mol. The van der Waals surface area contributed by atoms with Gasteiger partial charge in [-0.25, -0.2) is 0 Å². The first kappa shape index (κ1) is 26.0. The lowest BCUT2D eigenvalue weighted by molar-refractivity contribution is 0.0929. The molecule has 0 radical (unpaired) electrons. The third kappa shape index (κ3) is 6.37. The van der Waals surface area contributed by atoms with Crippen molar-refractivity contribution >= 4 is 45.3 Å². The van der Waals surface area contributed by atoms with Crippen LogP contribution >= 0.6 is 0 Å². The molecule has 0 spiro atoms. The fraction of sp³-hybridized carbons (Fsp3) is 0.333. The van der Waals surface area contributed by atoms with Gasteiger partial charge in [-0.2, -0.15) is 4.98 Å². The number of aromatic amines is 1. The normalized spacial score (nSPS) is 17.1. The molecule has 2 aromatic heterocycles. The summed E-state index contributed by atoms with van der Waals surface area (Å²) in [5, 5.41) is 0.479. The highest BCUT2D eigenvalue weighted by atomic mass is 32.2. The van der Waals surface area contributed by atoms with Gasteiger partial charge in [0.15, 0.2) is 5.75 Å². The number of pyridine rings is 1. The van der Waals surface area contributed by atoms with Crippen molar-refractivity contribution in [1.29, 1.82) is 0 Å². The lowest BCUT2D eigenvalue weighted by Crippen LogP contribution is -2.42. The molecular formula is C27H32MgN4O2S. The molecule has 1 aliphatic heterocycles. The molecule has 6 nitrogen and oxygen atoms in total. The Balaban J connectivity index is 0.00000289. The van der Waals surface area contributed by atoms with Crippen molar-refractivity contribution in [2.24, 2.45) is 0 Å². The molecule has 2 atom stereocenters. The Bertz CT molecular complexity index is 1200. The Hall–Kier alpha value is -2.10. The molecule has 2 unspecified atom stereocenters. The summed E-state index contributed by atoms with van der Waals surface area (Å²) >= 11 is -1.32. The standard InChI is InChI=1S/C27H30N4O2S.Mg.2H/c1-20-25(19-34(32)27-29-23-12-5-6-13-24(23)30-27)28-15-14-26(20)33-18-22-11-7-8-16-31(22)17-21-9-3-2-4-10-21;;;/h2-6,9-10,12-15,22H,7-8,11,16-19H2,1H3,(H,29,30);;;. The number of piperidine rings is 1. The number of hydrogen-bond donors (Lipinski definition) is 1. The molecule has 3 heterocycles. The minimum absolute atomic E-state index is 0. The highest BCUT2D eigenvalue weighted by molar-refractivity contribution is 7.90. The van der Waals surface area contributed by atoms with E-state index < -0.39 is 11.2 Å². The SMILES string of the molecule is Cc1c(OCC2CCCCN2Cc2ccccc2)ccnc1C[S+]([O-])c1nc2ccccc2[nH]1.[MgH2]. The van der Waals surface area contributed by atoms with E-state index in [0.717, 1.165) is 47.6 Å². The van der Waals surface area contributed by atoms with Crippen LogP contribution in [-0.2, 0) is 23.5 Å². The summed E-state index contributed by atoms with van der Waals surface area (Å²) in [6.07, 6.45) is 5.35. The lowest BCUT2D eigenvalue weighted by atomic mass is 10.0. The molecule has 1 fully saturated rings. The number of fused-ring (bicyclic) bond motifs is 1. The number of H-pyrrole nitrogens is 1. The predicted octanol–water partition coefficient (Wildman–Crippen LogP) is 4.09. The zero-order valence-corrected chi connectivity index (χ0v) is 20.3. The van der Waals surface area contributed by atoms with Crippen molar-refractivity contribution in [2.75, 3.05) is 13.2 Å². The zero-order valence-electron chi connectivity index (χ0n) is 19.4. The van der Waals surface area contributed by atoms with Crippen molar-refractivity contribution in [3.8, 4) is 5.75 Å². The van der Waals surface area contributed by atoms with E-state index in [2.05, 4.69) is 50.2 Å². The van der Waals surface area contributed by atoms with Crippen LogP contribution in [0.2, 0.25) is 0 Å². The lowest BCUT2D eigenvalue weighted by Gasteiger charge is -2.35. The summed E-state index contributed by atoms with van der Waals surface area (Å²) in [5.74, 6) is 1.11. The van der Waals surface area contributed by atoms with Crippen molar-refractivity contribution in [2.45, 2.75) is 49.7 Å². The van der Waals surface area contributed by atoms with Crippen LogP contribution < -0.4 is 4.74 Å². The molecule has 5 rings (SSSR count).